The predicted molar refractivity (Wildman–Crippen MR) is 72.7 cm³/mol. The van der Waals surface area contributed by atoms with Crippen molar-refractivity contribution in [3.8, 4) is 0 Å². The van der Waals surface area contributed by atoms with Crippen molar-refractivity contribution in [2.75, 3.05) is 0 Å². The van der Waals surface area contributed by atoms with Crippen LogP contribution in [0.4, 0.5) is 0 Å². The summed E-state index contributed by atoms with van der Waals surface area (Å²) in [6.45, 7) is 0. The molecule has 0 spiro atoms. The van der Waals surface area contributed by atoms with Gasteiger partial charge in [-0.05, 0) is 31.0 Å². The van der Waals surface area contributed by atoms with Crippen molar-refractivity contribution in [3.63, 3.8) is 0 Å². The van der Waals surface area contributed by atoms with Crippen molar-refractivity contribution in [2.45, 2.75) is 48.3 Å². The second-order valence-electron chi connectivity index (χ2n) is 4.60. The molecule has 94 valence electrons. The Morgan fingerprint density at radius 3 is 2.76 bits per heavy atom. The first kappa shape index (κ1) is 13.1. The van der Waals surface area contributed by atoms with E-state index in [9.17, 15) is 4.21 Å². The lowest BCUT2D eigenvalue weighted by molar-refractivity contribution is 0.575. The lowest BCUT2D eigenvalue weighted by Gasteiger charge is -2.20. The zero-order chi connectivity index (χ0) is 12.3. The minimum atomic E-state index is -1.03. The predicted octanol–water partition coefficient (Wildman–Crippen LogP) is 3.11. The molecule has 1 aromatic rings. The number of nitrogens with two attached hydrogens (primary N) is 1. The van der Waals surface area contributed by atoms with Crippen molar-refractivity contribution in [2.24, 2.45) is 5.73 Å². The van der Waals surface area contributed by atoms with Crippen molar-refractivity contribution >= 4 is 22.4 Å². The van der Waals surface area contributed by atoms with Crippen LogP contribution in [0.3, 0.4) is 0 Å². The van der Waals surface area contributed by atoms with Gasteiger partial charge in [0.1, 0.15) is 0 Å². The third-order valence-electron chi connectivity index (χ3n) is 3.31. The van der Waals surface area contributed by atoms with Crippen LogP contribution in [0.5, 0.6) is 0 Å². The molecule has 1 aliphatic carbocycles. The van der Waals surface area contributed by atoms with Gasteiger partial charge in [-0.2, -0.15) is 0 Å². The summed E-state index contributed by atoms with van der Waals surface area (Å²) >= 11 is 5.93. The van der Waals surface area contributed by atoms with E-state index in [0.29, 0.717) is 5.02 Å². The van der Waals surface area contributed by atoms with Gasteiger partial charge < -0.3 is 5.73 Å². The van der Waals surface area contributed by atoms with Gasteiger partial charge in [-0.1, -0.05) is 36.9 Å². The number of rotatable bonds is 2. The molecule has 4 heteroatoms. The van der Waals surface area contributed by atoms with Gasteiger partial charge in [0.25, 0.3) is 0 Å². The Labute approximate surface area is 110 Å². The minimum absolute atomic E-state index is 0.0531. The van der Waals surface area contributed by atoms with Crippen molar-refractivity contribution < 1.29 is 4.21 Å². The molecule has 3 atom stereocenters. The van der Waals surface area contributed by atoms with E-state index < -0.39 is 10.8 Å². The highest BCUT2D eigenvalue weighted by molar-refractivity contribution is 7.85. The Balaban J connectivity index is 2.18. The maximum Gasteiger partial charge on any atom is 0.0577 e. The van der Waals surface area contributed by atoms with Gasteiger partial charge in [0.05, 0.1) is 16.0 Å². The first-order valence-electron chi connectivity index (χ1n) is 6.10. The molecule has 0 radical (unpaired) electrons. The molecule has 0 aliphatic heterocycles. The number of hydrogen-bond donors (Lipinski definition) is 1. The van der Waals surface area contributed by atoms with E-state index in [1.54, 1.807) is 12.1 Å². The number of halogens is 1. The third-order valence-corrected chi connectivity index (χ3v) is 5.40. The summed E-state index contributed by atoms with van der Waals surface area (Å²) in [5.41, 5.74) is 6.13. The van der Waals surface area contributed by atoms with Crippen LogP contribution in [-0.2, 0) is 10.8 Å². The van der Waals surface area contributed by atoms with E-state index in [0.717, 1.165) is 30.6 Å². The van der Waals surface area contributed by atoms with Crippen molar-refractivity contribution in [1.82, 2.24) is 0 Å². The van der Waals surface area contributed by atoms with Crippen molar-refractivity contribution in [1.29, 1.82) is 0 Å². The fourth-order valence-corrected chi connectivity index (χ4v) is 4.23. The first-order valence-corrected chi connectivity index (χ1v) is 7.69. The van der Waals surface area contributed by atoms with Crippen LogP contribution in [0.2, 0.25) is 5.02 Å². The molecule has 1 aliphatic rings. The second kappa shape index (κ2) is 5.98. The molecule has 1 fully saturated rings. The van der Waals surface area contributed by atoms with E-state index >= 15 is 0 Å². The van der Waals surface area contributed by atoms with E-state index in [1.807, 2.05) is 12.1 Å². The molecular weight excluding hydrogens is 254 g/mol. The van der Waals surface area contributed by atoms with Crippen molar-refractivity contribution in [3.05, 3.63) is 29.3 Å². The van der Waals surface area contributed by atoms with Crippen LogP contribution >= 0.6 is 11.6 Å². The third kappa shape index (κ3) is 3.30. The van der Waals surface area contributed by atoms with Crippen LogP contribution in [-0.4, -0.2) is 15.5 Å². The van der Waals surface area contributed by atoms with Gasteiger partial charge in [0.2, 0.25) is 0 Å². The highest BCUT2D eigenvalue weighted by Crippen LogP contribution is 2.25. The summed E-state index contributed by atoms with van der Waals surface area (Å²) in [4.78, 5) is 0.805. The zero-order valence-electron chi connectivity index (χ0n) is 9.77. The summed E-state index contributed by atoms with van der Waals surface area (Å²) in [5.74, 6) is 0. The summed E-state index contributed by atoms with van der Waals surface area (Å²) in [6, 6.07) is 7.36. The Bertz CT molecular complexity index is 410. The average molecular weight is 272 g/mol. The molecule has 0 heterocycles. The molecule has 2 nitrogen and oxygen atoms in total. The second-order valence-corrected chi connectivity index (χ2v) is 6.70. The van der Waals surface area contributed by atoms with E-state index in [2.05, 4.69) is 0 Å². The van der Waals surface area contributed by atoms with Gasteiger partial charge in [-0.15, -0.1) is 0 Å². The standard InChI is InChI=1S/C13H18ClNOS/c14-10-5-4-6-11(9-10)17(16)13-8-3-1-2-7-12(13)15/h4-6,9,12-13H,1-3,7-8,15H2. The minimum Gasteiger partial charge on any atom is -0.327 e. The number of benzene rings is 1. The molecule has 0 aromatic heterocycles. The summed E-state index contributed by atoms with van der Waals surface area (Å²) < 4.78 is 12.5. The fraction of sp³-hybridized carbons (Fsp3) is 0.538. The van der Waals surface area contributed by atoms with Gasteiger partial charge >= 0.3 is 0 Å². The Morgan fingerprint density at radius 2 is 2.00 bits per heavy atom. The molecule has 0 saturated heterocycles. The van der Waals surface area contributed by atoms with Crippen LogP contribution < -0.4 is 5.73 Å². The molecule has 3 unspecified atom stereocenters. The highest BCUT2D eigenvalue weighted by Gasteiger charge is 2.26. The van der Waals surface area contributed by atoms with Crippen LogP contribution in [0.15, 0.2) is 29.2 Å². The molecule has 0 bridgehead atoms. The van der Waals surface area contributed by atoms with Gasteiger partial charge in [0.15, 0.2) is 0 Å². The van der Waals surface area contributed by atoms with E-state index in [4.69, 9.17) is 17.3 Å². The van der Waals surface area contributed by atoms with Crippen LogP contribution in [0.25, 0.3) is 0 Å². The largest absolute Gasteiger partial charge is 0.327 e. The molecule has 17 heavy (non-hydrogen) atoms. The Morgan fingerprint density at radius 1 is 1.24 bits per heavy atom. The molecular formula is C13H18ClNOS. The van der Waals surface area contributed by atoms with E-state index in [-0.39, 0.29) is 11.3 Å². The Hall–Kier alpha value is -0.380. The topological polar surface area (TPSA) is 43.1 Å². The van der Waals surface area contributed by atoms with Gasteiger partial charge in [-0.25, -0.2) is 0 Å². The normalized spacial score (nSPS) is 27.4. The quantitative estimate of drug-likeness (QED) is 0.840. The summed E-state index contributed by atoms with van der Waals surface area (Å²) in [5, 5.41) is 0.717. The van der Waals surface area contributed by atoms with Gasteiger partial charge in [0, 0.05) is 16.0 Å². The molecule has 1 saturated carbocycles. The number of hydrogen-bond acceptors (Lipinski definition) is 2. The highest BCUT2D eigenvalue weighted by atomic mass is 35.5. The molecule has 2 N–H and O–H groups in total. The average Bonchev–Trinajstić information content (AvgIpc) is 2.53. The maximum atomic E-state index is 12.5. The summed E-state index contributed by atoms with van der Waals surface area (Å²) in [7, 11) is -1.03. The SMILES string of the molecule is NC1CCCCCC1S(=O)c1cccc(Cl)c1. The van der Waals surface area contributed by atoms with Crippen LogP contribution in [0, 0.1) is 0 Å². The van der Waals surface area contributed by atoms with Crippen LogP contribution in [0.1, 0.15) is 32.1 Å². The van der Waals surface area contributed by atoms with E-state index in [1.165, 1.54) is 6.42 Å². The summed E-state index contributed by atoms with van der Waals surface area (Å²) in [6.07, 6.45) is 5.43. The zero-order valence-corrected chi connectivity index (χ0v) is 11.3. The molecule has 0 amide bonds. The monoisotopic (exact) mass is 271 g/mol. The Kier molecular flexibility index (Phi) is 4.60. The molecule has 2 rings (SSSR count). The maximum absolute atomic E-state index is 12.5. The lowest BCUT2D eigenvalue weighted by Crippen LogP contribution is -2.36. The lowest BCUT2D eigenvalue weighted by atomic mass is 10.1. The smallest absolute Gasteiger partial charge is 0.0577 e. The first-order chi connectivity index (χ1) is 8.18. The molecule has 1 aromatic carbocycles. The fourth-order valence-electron chi connectivity index (χ4n) is 2.34. The van der Waals surface area contributed by atoms with Gasteiger partial charge in [-0.3, -0.25) is 4.21 Å².